The lowest BCUT2D eigenvalue weighted by Gasteiger charge is -2.01. The number of rotatable bonds is 4. The molecule has 120 valence electrons. The van der Waals surface area contributed by atoms with E-state index in [0.717, 1.165) is 28.1 Å². The number of nitrogens with one attached hydrogen (secondary N) is 1. The van der Waals surface area contributed by atoms with Crippen LogP contribution >= 0.6 is 0 Å². The molecule has 3 N–H and O–H groups in total. The van der Waals surface area contributed by atoms with E-state index in [9.17, 15) is 4.79 Å². The van der Waals surface area contributed by atoms with Crippen LogP contribution in [0.1, 0.15) is 11.1 Å². The molecule has 0 fully saturated rings. The van der Waals surface area contributed by atoms with Crippen molar-refractivity contribution in [3.05, 3.63) is 71.9 Å². The zero-order valence-electron chi connectivity index (χ0n) is 13.2. The predicted octanol–water partition coefficient (Wildman–Crippen LogP) is 2.85. The van der Waals surface area contributed by atoms with E-state index in [4.69, 9.17) is 5.73 Å². The molecule has 0 atom stereocenters. The summed E-state index contributed by atoms with van der Waals surface area (Å²) >= 11 is 0. The smallest absolute Gasteiger partial charge is 0.332 e. The number of aromatic nitrogens is 2. The quantitative estimate of drug-likeness (QED) is 0.572. The monoisotopic (exact) mass is 319 g/mol. The highest BCUT2D eigenvalue weighted by Crippen LogP contribution is 2.23. The zero-order chi connectivity index (χ0) is 16.9. The van der Waals surface area contributed by atoms with Gasteiger partial charge in [0.05, 0.1) is 11.9 Å². The summed E-state index contributed by atoms with van der Waals surface area (Å²) in [7, 11) is 0. The van der Waals surface area contributed by atoms with Crippen LogP contribution in [-0.2, 0) is 0 Å². The molecule has 0 spiro atoms. The average molecular weight is 319 g/mol. The maximum absolute atomic E-state index is 10.8. The normalized spacial score (nSPS) is 10.9. The molecule has 6 heteroatoms. The minimum absolute atomic E-state index is 0.709. The molecule has 1 heterocycles. The van der Waals surface area contributed by atoms with Crippen molar-refractivity contribution < 1.29 is 4.79 Å². The van der Waals surface area contributed by atoms with Gasteiger partial charge < -0.3 is 5.73 Å². The maximum Gasteiger partial charge on any atom is 0.332 e. The van der Waals surface area contributed by atoms with Crippen molar-refractivity contribution in [2.24, 2.45) is 10.8 Å². The van der Waals surface area contributed by atoms with Crippen molar-refractivity contribution in [2.75, 3.05) is 0 Å². The van der Waals surface area contributed by atoms with Crippen LogP contribution in [0.2, 0.25) is 0 Å². The molecule has 0 unspecified atom stereocenters. The van der Waals surface area contributed by atoms with E-state index in [0.29, 0.717) is 0 Å². The number of carbonyl (C=O) groups is 1. The summed E-state index contributed by atoms with van der Waals surface area (Å²) in [6.45, 7) is 2.03. The van der Waals surface area contributed by atoms with Gasteiger partial charge in [0.25, 0.3) is 0 Å². The molecule has 0 aliphatic carbocycles. The van der Waals surface area contributed by atoms with Gasteiger partial charge in [0.15, 0.2) is 0 Å². The highest BCUT2D eigenvalue weighted by molar-refractivity contribution is 5.89. The van der Waals surface area contributed by atoms with Crippen LogP contribution in [-0.4, -0.2) is 22.0 Å². The number of hydrogen-bond acceptors (Lipinski definition) is 3. The molecule has 0 bridgehead atoms. The second-order valence-corrected chi connectivity index (χ2v) is 5.32. The van der Waals surface area contributed by atoms with E-state index in [-0.39, 0.29) is 0 Å². The van der Waals surface area contributed by atoms with Crippen molar-refractivity contribution >= 4 is 12.2 Å². The van der Waals surface area contributed by atoms with Gasteiger partial charge in [-0.1, -0.05) is 42.0 Å². The number of nitrogens with zero attached hydrogens (tertiary/aromatic N) is 3. The number of benzene rings is 2. The van der Waals surface area contributed by atoms with Gasteiger partial charge >= 0.3 is 6.03 Å². The number of amides is 2. The second kappa shape index (κ2) is 6.78. The van der Waals surface area contributed by atoms with E-state index in [2.05, 4.69) is 21.7 Å². The van der Waals surface area contributed by atoms with Crippen molar-refractivity contribution in [2.45, 2.75) is 6.92 Å². The van der Waals surface area contributed by atoms with E-state index in [1.165, 1.54) is 6.21 Å². The summed E-state index contributed by atoms with van der Waals surface area (Å²) in [6.07, 6.45) is 3.40. The first-order valence-electron chi connectivity index (χ1n) is 7.44. The number of primary amides is 1. The molecule has 24 heavy (non-hydrogen) atoms. The van der Waals surface area contributed by atoms with Gasteiger partial charge in [0, 0.05) is 17.3 Å². The molecule has 1 aromatic heterocycles. The summed E-state index contributed by atoms with van der Waals surface area (Å²) < 4.78 is 1.78. The fourth-order valence-electron chi connectivity index (χ4n) is 2.38. The van der Waals surface area contributed by atoms with Crippen molar-refractivity contribution in [3.8, 4) is 16.9 Å². The van der Waals surface area contributed by atoms with Gasteiger partial charge in [0.2, 0.25) is 0 Å². The zero-order valence-corrected chi connectivity index (χ0v) is 13.2. The van der Waals surface area contributed by atoms with E-state index >= 15 is 0 Å². The van der Waals surface area contributed by atoms with Crippen LogP contribution in [0.4, 0.5) is 4.79 Å². The van der Waals surface area contributed by atoms with E-state index in [1.807, 2.05) is 61.7 Å². The molecule has 2 aromatic carbocycles. The number of hydrogen-bond donors (Lipinski definition) is 2. The fraction of sp³-hybridized carbons (Fsp3) is 0.0556. The number of hydrazone groups is 1. The molecule has 0 saturated heterocycles. The van der Waals surface area contributed by atoms with Crippen LogP contribution in [0.25, 0.3) is 16.9 Å². The molecular weight excluding hydrogens is 302 g/mol. The van der Waals surface area contributed by atoms with Gasteiger partial charge in [-0.15, -0.1) is 0 Å². The van der Waals surface area contributed by atoms with Crippen LogP contribution in [0.15, 0.2) is 65.9 Å². The lowest BCUT2D eigenvalue weighted by atomic mass is 10.1. The molecular formula is C18H17N5O. The third-order valence-corrected chi connectivity index (χ3v) is 3.43. The first-order chi connectivity index (χ1) is 11.6. The molecule has 0 aliphatic heterocycles. The van der Waals surface area contributed by atoms with Gasteiger partial charge in [-0.2, -0.15) is 10.2 Å². The van der Waals surface area contributed by atoms with E-state index in [1.54, 1.807) is 4.68 Å². The third kappa shape index (κ3) is 3.49. The molecule has 3 aromatic rings. The van der Waals surface area contributed by atoms with Crippen LogP contribution in [0.3, 0.4) is 0 Å². The van der Waals surface area contributed by atoms with Crippen molar-refractivity contribution in [1.29, 1.82) is 0 Å². The third-order valence-electron chi connectivity index (χ3n) is 3.43. The first-order valence-corrected chi connectivity index (χ1v) is 7.44. The molecule has 0 aliphatic rings. The van der Waals surface area contributed by atoms with Gasteiger partial charge in [-0.05, 0) is 25.1 Å². The van der Waals surface area contributed by atoms with Crippen LogP contribution in [0, 0.1) is 6.92 Å². The summed E-state index contributed by atoms with van der Waals surface area (Å²) in [4.78, 5) is 10.8. The summed E-state index contributed by atoms with van der Waals surface area (Å²) in [5, 5.41) is 8.52. The lowest BCUT2D eigenvalue weighted by molar-refractivity contribution is 0.249. The second-order valence-electron chi connectivity index (χ2n) is 5.32. The first kappa shape index (κ1) is 15.5. The van der Waals surface area contributed by atoms with E-state index < -0.39 is 6.03 Å². The van der Waals surface area contributed by atoms with Crippen LogP contribution in [0.5, 0.6) is 0 Å². The Morgan fingerprint density at radius 1 is 1.21 bits per heavy atom. The Balaban J connectivity index is 2.06. The average Bonchev–Trinajstić information content (AvgIpc) is 2.99. The standard InChI is InChI=1S/C18H17N5O/c1-13-6-5-7-14(10-13)17-15(11-20-21-18(19)24)12-23(22-17)16-8-3-2-4-9-16/h2-12H,1H3,(H3,19,21,24)/b20-11-. The number of aryl methyl sites for hydroxylation is 1. The maximum atomic E-state index is 10.8. The Morgan fingerprint density at radius 3 is 2.71 bits per heavy atom. The molecule has 6 nitrogen and oxygen atoms in total. The predicted molar refractivity (Wildman–Crippen MR) is 94.1 cm³/mol. The lowest BCUT2D eigenvalue weighted by Crippen LogP contribution is -2.24. The largest absolute Gasteiger partial charge is 0.350 e. The minimum Gasteiger partial charge on any atom is -0.350 e. The highest BCUT2D eigenvalue weighted by Gasteiger charge is 2.11. The Morgan fingerprint density at radius 2 is 2.00 bits per heavy atom. The van der Waals surface area contributed by atoms with Crippen molar-refractivity contribution in [1.82, 2.24) is 15.2 Å². The molecule has 3 rings (SSSR count). The van der Waals surface area contributed by atoms with Gasteiger partial charge in [-0.25, -0.2) is 14.9 Å². The molecule has 0 saturated carbocycles. The SMILES string of the molecule is Cc1cccc(-c2nn(-c3ccccc3)cc2/C=N\NC(N)=O)c1. The topological polar surface area (TPSA) is 85.3 Å². The Labute approximate surface area is 139 Å². The van der Waals surface area contributed by atoms with Gasteiger partial charge in [0.1, 0.15) is 5.69 Å². The summed E-state index contributed by atoms with van der Waals surface area (Å²) in [6, 6.07) is 17.1. The Bertz CT molecular complexity index is 883. The van der Waals surface area contributed by atoms with Crippen molar-refractivity contribution in [3.63, 3.8) is 0 Å². The Kier molecular flexibility index (Phi) is 4.38. The highest BCUT2D eigenvalue weighted by atomic mass is 16.2. The number of carbonyl (C=O) groups excluding carboxylic acids is 1. The number of urea groups is 1. The molecule has 0 radical (unpaired) electrons. The molecule has 2 amide bonds. The minimum atomic E-state index is -0.709. The Hall–Kier alpha value is -3.41. The number of para-hydroxylation sites is 1. The fourth-order valence-corrected chi connectivity index (χ4v) is 2.38. The summed E-state index contributed by atoms with van der Waals surface area (Å²) in [5.41, 5.74) is 11.8. The number of nitrogens with two attached hydrogens (primary N) is 1. The van der Waals surface area contributed by atoms with Crippen LogP contribution < -0.4 is 11.2 Å². The van der Waals surface area contributed by atoms with Gasteiger partial charge in [-0.3, -0.25) is 0 Å². The summed E-state index contributed by atoms with van der Waals surface area (Å²) in [5.74, 6) is 0.